The van der Waals surface area contributed by atoms with Crippen LogP contribution < -0.4 is 0 Å². The van der Waals surface area contributed by atoms with Gasteiger partial charge in [-0.15, -0.1) is 0 Å². The zero-order valence-electron chi connectivity index (χ0n) is 5.97. The maximum absolute atomic E-state index is 10.3. The third-order valence-electron chi connectivity index (χ3n) is 1.10. The molecule has 0 aromatic rings. The largest absolute Gasteiger partial charge is 0.481 e. The lowest BCUT2D eigenvalue weighted by Gasteiger charge is -2.05. The molecule has 0 bridgehead atoms. The molecular formula is C5H7O6P. The van der Waals surface area contributed by atoms with Gasteiger partial charge in [-0.05, 0) is 0 Å². The minimum absolute atomic E-state index is 0.368. The van der Waals surface area contributed by atoms with Crippen molar-refractivity contribution in [1.82, 2.24) is 0 Å². The van der Waals surface area contributed by atoms with Crippen molar-refractivity contribution in [2.24, 2.45) is 5.92 Å². The maximum Gasteiger partial charge on any atom is 0.327 e. The number of aliphatic carboxylic acids is 2. The summed E-state index contributed by atoms with van der Waals surface area (Å²) in [5.74, 6) is -3.65. The highest BCUT2D eigenvalue weighted by atomic mass is 31.1. The number of carboxylic acids is 2. The lowest BCUT2D eigenvalue weighted by molar-refractivity contribution is -0.149. The Balaban J connectivity index is 3.94. The van der Waals surface area contributed by atoms with E-state index in [9.17, 15) is 14.2 Å². The molecule has 68 valence electrons. The van der Waals surface area contributed by atoms with Crippen LogP contribution in [0, 0.1) is 5.92 Å². The molecule has 0 aliphatic heterocycles. The van der Waals surface area contributed by atoms with Crippen LogP contribution in [0.25, 0.3) is 0 Å². The molecule has 1 atom stereocenters. The van der Waals surface area contributed by atoms with Crippen LogP contribution in [0.4, 0.5) is 0 Å². The normalized spacial score (nSPS) is 12.7. The number of hydrogen-bond acceptors (Lipinski definition) is 4. The van der Waals surface area contributed by atoms with Crippen molar-refractivity contribution in [2.45, 2.75) is 6.42 Å². The molecule has 0 spiro atoms. The molecule has 0 amide bonds. The first-order chi connectivity index (χ1) is 5.57. The summed E-state index contributed by atoms with van der Waals surface area (Å²) in [5, 5.41) is 16.6. The zero-order chi connectivity index (χ0) is 9.56. The van der Waals surface area contributed by atoms with E-state index in [2.05, 4.69) is 4.52 Å². The summed E-state index contributed by atoms with van der Waals surface area (Å²) >= 11 is 0. The van der Waals surface area contributed by atoms with E-state index in [0.29, 0.717) is 0 Å². The summed E-state index contributed by atoms with van der Waals surface area (Å²) in [6.45, 7) is -0.368. The van der Waals surface area contributed by atoms with Crippen LogP contribution in [-0.2, 0) is 18.7 Å². The molecule has 0 saturated carbocycles. The number of carbonyl (C=O) groups is 2. The molecule has 0 saturated heterocycles. The molecule has 6 nitrogen and oxygen atoms in total. The Kier molecular flexibility index (Phi) is 5.16. The van der Waals surface area contributed by atoms with Gasteiger partial charge in [-0.3, -0.25) is 14.1 Å². The first-order valence-electron chi connectivity index (χ1n) is 2.97. The summed E-state index contributed by atoms with van der Waals surface area (Å²) in [6.07, 6.45) is -0.537. The van der Waals surface area contributed by atoms with Crippen molar-refractivity contribution in [3.63, 3.8) is 0 Å². The topological polar surface area (TPSA) is 101 Å². The monoisotopic (exact) mass is 194 g/mol. The Morgan fingerprint density at radius 1 is 1.42 bits per heavy atom. The summed E-state index contributed by atoms with van der Waals surface area (Å²) in [7, 11) is -0.649. The Morgan fingerprint density at radius 2 is 2.00 bits per heavy atom. The Bertz CT molecular complexity index is 190. The molecular weight excluding hydrogens is 187 g/mol. The molecule has 0 aromatic heterocycles. The van der Waals surface area contributed by atoms with Crippen molar-refractivity contribution in [1.29, 1.82) is 0 Å². The molecule has 0 radical (unpaired) electrons. The summed E-state index contributed by atoms with van der Waals surface area (Å²) in [6, 6.07) is 0. The second-order valence-electron chi connectivity index (χ2n) is 2.00. The van der Waals surface area contributed by atoms with Crippen LogP contribution >= 0.6 is 8.69 Å². The standard InChI is InChI=1S/C5H7O6P/c6-4(7)1-3(5(8)9)2-11-12-10/h3H,1-2H2,(H,6,7)(H,8,9). The van der Waals surface area contributed by atoms with Crippen molar-refractivity contribution < 1.29 is 28.9 Å². The molecule has 0 heterocycles. The second-order valence-corrected chi connectivity index (χ2v) is 2.41. The highest BCUT2D eigenvalue weighted by Gasteiger charge is 2.21. The average molecular weight is 194 g/mol. The quantitative estimate of drug-likeness (QED) is 0.593. The van der Waals surface area contributed by atoms with Crippen molar-refractivity contribution in [3.8, 4) is 0 Å². The fraction of sp³-hybridized carbons (Fsp3) is 0.600. The Morgan fingerprint density at radius 3 is 2.33 bits per heavy atom. The third-order valence-corrected chi connectivity index (χ3v) is 1.35. The molecule has 0 aliphatic rings. The number of hydrogen-bond donors (Lipinski definition) is 2. The smallest absolute Gasteiger partial charge is 0.327 e. The molecule has 7 heteroatoms. The lowest BCUT2D eigenvalue weighted by Crippen LogP contribution is -2.21. The number of carboxylic acid groups (broad SMARTS) is 2. The molecule has 0 aromatic carbocycles. The van der Waals surface area contributed by atoms with Gasteiger partial charge in [0.2, 0.25) is 0 Å². The van der Waals surface area contributed by atoms with Gasteiger partial charge in [0.15, 0.2) is 0 Å². The van der Waals surface area contributed by atoms with Gasteiger partial charge in [-0.25, -0.2) is 4.57 Å². The first-order valence-corrected chi connectivity index (χ1v) is 3.70. The summed E-state index contributed by atoms with van der Waals surface area (Å²) < 4.78 is 14.0. The number of rotatable bonds is 6. The van der Waals surface area contributed by atoms with Gasteiger partial charge in [-0.2, -0.15) is 0 Å². The molecule has 2 N–H and O–H groups in total. The molecule has 0 aliphatic carbocycles. The van der Waals surface area contributed by atoms with Crippen LogP contribution in [0.1, 0.15) is 6.42 Å². The van der Waals surface area contributed by atoms with Crippen molar-refractivity contribution >= 4 is 20.6 Å². The van der Waals surface area contributed by atoms with Crippen LogP contribution in [0.15, 0.2) is 0 Å². The van der Waals surface area contributed by atoms with E-state index >= 15 is 0 Å². The lowest BCUT2D eigenvalue weighted by atomic mass is 10.1. The summed E-state index contributed by atoms with van der Waals surface area (Å²) in [4.78, 5) is 20.4. The Hall–Kier alpha value is -1.00. The van der Waals surface area contributed by atoms with Gasteiger partial charge in [0, 0.05) is 0 Å². The van der Waals surface area contributed by atoms with Gasteiger partial charge in [0.05, 0.1) is 18.9 Å². The van der Waals surface area contributed by atoms with Crippen molar-refractivity contribution in [2.75, 3.05) is 6.61 Å². The molecule has 0 fully saturated rings. The zero-order valence-corrected chi connectivity index (χ0v) is 6.86. The summed E-state index contributed by atoms with van der Waals surface area (Å²) in [5.41, 5.74) is 0. The van der Waals surface area contributed by atoms with E-state index in [1.54, 1.807) is 0 Å². The maximum atomic E-state index is 10.3. The molecule has 1 unspecified atom stereocenters. The predicted octanol–water partition coefficient (Wildman–Crippen LogP) is 0.385. The van der Waals surface area contributed by atoms with Crippen LogP contribution in [0.2, 0.25) is 0 Å². The Labute approximate surface area is 69.4 Å². The molecule has 0 rings (SSSR count). The van der Waals surface area contributed by atoms with Crippen LogP contribution in [-0.4, -0.2) is 28.8 Å². The van der Waals surface area contributed by atoms with Crippen LogP contribution in [0.5, 0.6) is 0 Å². The van der Waals surface area contributed by atoms with Gasteiger partial charge in [0.25, 0.3) is 0 Å². The van der Waals surface area contributed by atoms with Crippen molar-refractivity contribution in [3.05, 3.63) is 0 Å². The van der Waals surface area contributed by atoms with E-state index in [0.717, 1.165) is 0 Å². The third kappa shape index (κ3) is 4.76. The highest BCUT2D eigenvalue weighted by Crippen LogP contribution is 2.07. The first kappa shape index (κ1) is 11.0. The van der Waals surface area contributed by atoms with E-state index in [-0.39, 0.29) is 6.61 Å². The average Bonchev–Trinajstić information content (AvgIpc) is 1.96. The van der Waals surface area contributed by atoms with E-state index < -0.39 is 33.0 Å². The minimum Gasteiger partial charge on any atom is -0.481 e. The van der Waals surface area contributed by atoms with E-state index in [4.69, 9.17) is 10.2 Å². The predicted molar refractivity (Wildman–Crippen MR) is 36.9 cm³/mol. The SMILES string of the molecule is O=POCC(CC(=O)O)C(=O)O. The highest BCUT2D eigenvalue weighted by molar-refractivity contribution is 7.17. The van der Waals surface area contributed by atoms with Gasteiger partial charge >= 0.3 is 20.6 Å². The van der Waals surface area contributed by atoms with Crippen LogP contribution in [0.3, 0.4) is 0 Å². The van der Waals surface area contributed by atoms with Gasteiger partial charge in [0.1, 0.15) is 0 Å². The van der Waals surface area contributed by atoms with Gasteiger partial charge in [-0.1, -0.05) is 0 Å². The molecule has 12 heavy (non-hydrogen) atoms. The fourth-order valence-electron chi connectivity index (χ4n) is 0.549. The second kappa shape index (κ2) is 5.62. The van der Waals surface area contributed by atoms with E-state index in [1.807, 2.05) is 0 Å². The van der Waals surface area contributed by atoms with E-state index in [1.165, 1.54) is 0 Å². The minimum atomic E-state index is -1.28. The fourth-order valence-corrected chi connectivity index (χ4v) is 0.790. The van der Waals surface area contributed by atoms with Gasteiger partial charge < -0.3 is 10.2 Å².